The van der Waals surface area contributed by atoms with E-state index in [9.17, 15) is 4.79 Å². The quantitative estimate of drug-likeness (QED) is 0.921. The van der Waals surface area contributed by atoms with Gasteiger partial charge in [-0.05, 0) is 39.0 Å². The standard InChI is InChI=1S/C17H29N3O/c1-13-5-7-14(8-6-13)9-10-18-15-16(21)20(12-11-19-15)17(2,3)4/h11-14H,5-10H2,1-4H3,(H,18,19). The lowest BCUT2D eigenvalue weighted by Gasteiger charge is -2.26. The van der Waals surface area contributed by atoms with Gasteiger partial charge in [0.05, 0.1) is 0 Å². The molecule has 0 amide bonds. The average molecular weight is 291 g/mol. The zero-order valence-corrected chi connectivity index (χ0v) is 13.9. The van der Waals surface area contributed by atoms with Crippen molar-refractivity contribution in [3.63, 3.8) is 0 Å². The minimum Gasteiger partial charge on any atom is -0.365 e. The first kappa shape index (κ1) is 16.1. The van der Waals surface area contributed by atoms with Crippen LogP contribution in [0.1, 0.15) is 59.8 Å². The first-order chi connectivity index (χ1) is 9.88. The SMILES string of the molecule is CC1CCC(CCNc2nccn(C(C)(C)C)c2=O)CC1. The van der Waals surface area contributed by atoms with E-state index < -0.39 is 0 Å². The first-order valence-corrected chi connectivity index (χ1v) is 8.20. The molecule has 1 aromatic heterocycles. The van der Waals surface area contributed by atoms with Crippen molar-refractivity contribution in [1.29, 1.82) is 0 Å². The molecule has 4 nitrogen and oxygen atoms in total. The van der Waals surface area contributed by atoms with E-state index in [-0.39, 0.29) is 11.1 Å². The maximum atomic E-state index is 12.4. The van der Waals surface area contributed by atoms with Crippen molar-refractivity contribution in [2.24, 2.45) is 11.8 Å². The van der Waals surface area contributed by atoms with Crippen molar-refractivity contribution in [1.82, 2.24) is 9.55 Å². The molecule has 1 aromatic rings. The van der Waals surface area contributed by atoms with Crippen LogP contribution in [0.2, 0.25) is 0 Å². The van der Waals surface area contributed by atoms with Crippen LogP contribution in [-0.2, 0) is 5.54 Å². The summed E-state index contributed by atoms with van der Waals surface area (Å²) < 4.78 is 1.74. The van der Waals surface area contributed by atoms with Crippen LogP contribution in [0.5, 0.6) is 0 Å². The lowest BCUT2D eigenvalue weighted by Crippen LogP contribution is -2.35. The van der Waals surface area contributed by atoms with Gasteiger partial charge in [0.2, 0.25) is 0 Å². The van der Waals surface area contributed by atoms with Gasteiger partial charge >= 0.3 is 0 Å². The van der Waals surface area contributed by atoms with Crippen LogP contribution in [-0.4, -0.2) is 16.1 Å². The number of nitrogens with one attached hydrogen (secondary N) is 1. The molecule has 1 N–H and O–H groups in total. The smallest absolute Gasteiger partial charge is 0.293 e. The Morgan fingerprint density at radius 1 is 1.29 bits per heavy atom. The van der Waals surface area contributed by atoms with Gasteiger partial charge in [-0.3, -0.25) is 4.79 Å². The highest BCUT2D eigenvalue weighted by atomic mass is 16.1. The van der Waals surface area contributed by atoms with E-state index in [1.165, 1.54) is 25.7 Å². The number of hydrogen-bond acceptors (Lipinski definition) is 3. The maximum absolute atomic E-state index is 12.4. The molecule has 4 heteroatoms. The van der Waals surface area contributed by atoms with Crippen LogP contribution < -0.4 is 10.9 Å². The molecule has 1 aliphatic carbocycles. The van der Waals surface area contributed by atoms with E-state index in [4.69, 9.17) is 0 Å². The second kappa shape index (κ2) is 6.63. The molecule has 118 valence electrons. The summed E-state index contributed by atoms with van der Waals surface area (Å²) in [5.41, 5.74) is -0.238. The van der Waals surface area contributed by atoms with Crippen molar-refractivity contribution < 1.29 is 0 Å². The molecule has 0 saturated heterocycles. The molecule has 0 bridgehead atoms. The summed E-state index contributed by atoms with van der Waals surface area (Å²) in [4.78, 5) is 16.6. The zero-order chi connectivity index (χ0) is 15.5. The Labute approximate surface area is 128 Å². The van der Waals surface area contributed by atoms with Crippen molar-refractivity contribution in [2.75, 3.05) is 11.9 Å². The van der Waals surface area contributed by atoms with Gasteiger partial charge in [0.1, 0.15) is 0 Å². The van der Waals surface area contributed by atoms with E-state index in [0.29, 0.717) is 5.82 Å². The predicted molar refractivity (Wildman–Crippen MR) is 87.7 cm³/mol. The van der Waals surface area contributed by atoms with Crippen LogP contribution in [0.3, 0.4) is 0 Å². The Kier molecular flexibility index (Phi) is 5.07. The summed E-state index contributed by atoms with van der Waals surface area (Å²) in [5, 5.41) is 3.24. The lowest BCUT2D eigenvalue weighted by atomic mass is 9.81. The van der Waals surface area contributed by atoms with Gasteiger partial charge in [0.15, 0.2) is 5.82 Å². The number of rotatable bonds is 4. The topological polar surface area (TPSA) is 46.9 Å². The Morgan fingerprint density at radius 2 is 1.95 bits per heavy atom. The Bertz CT molecular complexity index is 508. The van der Waals surface area contributed by atoms with Crippen molar-refractivity contribution in [2.45, 2.75) is 65.3 Å². The molecule has 0 aromatic carbocycles. The summed E-state index contributed by atoms with van der Waals surface area (Å²) in [5.74, 6) is 2.18. The fourth-order valence-electron chi connectivity index (χ4n) is 3.07. The highest BCUT2D eigenvalue weighted by Gasteiger charge is 2.19. The van der Waals surface area contributed by atoms with Crippen molar-refractivity contribution in [3.05, 3.63) is 22.7 Å². The summed E-state index contributed by atoms with van der Waals surface area (Å²) in [7, 11) is 0. The third kappa shape index (κ3) is 4.32. The maximum Gasteiger partial charge on any atom is 0.293 e. The number of nitrogens with zero attached hydrogens (tertiary/aromatic N) is 2. The Morgan fingerprint density at radius 3 is 2.57 bits per heavy atom. The van der Waals surface area contributed by atoms with Crippen molar-refractivity contribution >= 4 is 5.82 Å². The molecule has 1 fully saturated rings. The number of aromatic nitrogens is 2. The average Bonchev–Trinajstić information content (AvgIpc) is 2.41. The third-order valence-electron chi connectivity index (χ3n) is 4.54. The van der Waals surface area contributed by atoms with Crippen LogP contribution in [0, 0.1) is 11.8 Å². The molecular formula is C17H29N3O. The fraction of sp³-hybridized carbons (Fsp3) is 0.765. The highest BCUT2D eigenvalue weighted by molar-refractivity contribution is 5.30. The van der Waals surface area contributed by atoms with Crippen LogP contribution >= 0.6 is 0 Å². The molecule has 1 aliphatic rings. The minimum absolute atomic E-state index is 0.0257. The molecule has 1 heterocycles. The van der Waals surface area contributed by atoms with Gasteiger partial charge < -0.3 is 9.88 Å². The molecular weight excluding hydrogens is 262 g/mol. The second-order valence-corrected chi connectivity index (χ2v) is 7.46. The van der Waals surface area contributed by atoms with Gasteiger partial charge in [-0.15, -0.1) is 0 Å². The monoisotopic (exact) mass is 291 g/mol. The predicted octanol–water partition coefficient (Wildman–Crippen LogP) is 3.63. The largest absolute Gasteiger partial charge is 0.365 e. The van der Waals surface area contributed by atoms with Crippen molar-refractivity contribution in [3.8, 4) is 0 Å². The van der Waals surface area contributed by atoms with E-state index in [1.807, 2.05) is 20.8 Å². The fourth-order valence-corrected chi connectivity index (χ4v) is 3.07. The minimum atomic E-state index is -0.212. The zero-order valence-electron chi connectivity index (χ0n) is 13.9. The van der Waals surface area contributed by atoms with E-state index in [2.05, 4.69) is 17.2 Å². The van der Waals surface area contributed by atoms with E-state index >= 15 is 0 Å². The molecule has 0 atom stereocenters. The molecule has 0 radical (unpaired) electrons. The second-order valence-electron chi connectivity index (χ2n) is 7.46. The lowest BCUT2D eigenvalue weighted by molar-refractivity contribution is 0.282. The molecule has 21 heavy (non-hydrogen) atoms. The van der Waals surface area contributed by atoms with Crippen LogP contribution in [0.15, 0.2) is 17.2 Å². The highest BCUT2D eigenvalue weighted by Crippen LogP contribution is 2.30. The summed E-state index contributed by atoms with van der Waals surface area (Å²) in [6.07, 6.45) is 9.97. The molecule has 2 rings (SSSR count). The van der Waals surface area contributed by atoms with Gasteiger partial charge in [0.25, 0.3) is 5.56 Å². The van der Waals surface area contributed by atoms with Gasteiger partial charge in [-0.1, -0.05) is 32.6 Å². The number of hydrogen-bond donors (Lipinski definition) is 1. The summed E-state index contributed by atoms with van der Waals surface area (Å²) in [6, 6.07) is 0. The first-order valence-electron chi connectivity index (χ1n) is 8.20. The van der Waals surface area contributed by atoms with Gasteiger partial charge in [0, 0.05) is 24.5 Å². The van der Waals surface area contributed by atoms with Gasteiger partial charge in [-0.25, -0.2) is 4.98 Å². The van der Waals surface area contributed by atoms with E-state index in [0.717, 1.165) is 24.8 Å². The third-order valence-corrected chi connectivity index (χ3v) is 4.54. The summed E-state index contributed by atoms with van der Waals surface area (Å²) in [6.45, 7) is 9.27. The molecule has 0 unspecified atom stereocenters. The Balaban J connectivity index is 1.91. The number of anilines is 1. The van der Waals surface area contributed by atoms with Crippen LogP contribution in [0.25, 0.3) is 0 Å². The van der Waals surface area contributed by atoms with E-state index in [1.54, 1.807) is 17.0 Å². The summed E-state index contributed by atoms with van der Waals surface area (Å²) >= 11 is 0. The molecule has 1 saturated carbocycles. The Hall–Kier alpha value is -1.32. The van der Waals surface area contributed by atoms with Crippen LogP contribution in [0.4, 0.5) is 5.82 Å². The normalized spacial score (nSPS) is 23.0. The van der Waals surface area contributed by atoms with Gasteiger partial charge in [-0.2, -0.15) is 0 Å². The molecule has 0 spiro atoms. The molecule has 0 aliphatic heterocycles.